The Bertz CT molecular complexity index is 833. The number of amides is 1. The van der Waals surface area contributed by atoms with E-state index < -0.39 is 0 Å². The predicted molar refractivity (Wildman–Crippen MR) is 108 cm³/mol. The molecular weight excluding hydrogens is 348 g/mol. The number of anilines is 2. The summed E-state index contributed by atoms with van der Waals surface area (Å²) in [6, 6.07) is 11.5. The van der Waals surface area contributed by atoms with E-state index in [2.05, 4.69) is 0 Å². The average molecular weight is 373 g/mol. The summed E-state index contributed by atoms with van der Waals surface area (Å²) in [5.74, 6) is 0.0181. The van der Waals surface area contributed by atoms with E-state index in [9.17, 15) is 9.59 Å². The molecule has 0 bridgehead atoms. The molecule has 0 unspecified atom stereocenters. The molecule has 138 valence electrons. The van der Waals surface area contributed by atoms with E-state index in [0.29, 0.717) is 6.54 Å². The van der Waals surface area contributed by atoms with Crippen molar-refractivity contribution in [1.82, 2.24) is 0 Å². The van der Waals surface area contributed by atoms with Crippen molar-refractivity contribution in [2.24, 2.45) is 0 Å². The van der Waals surface area contributed by atoms with E-state index in [4.69, 9.17) is 5.73 Å². The molecule has 0 atom stereocenters. The Morgan fingerprint density at radius 2 is 1.88 bits per heavy atom. The van der Waals surface area contributed by atoms with E-state index in [1.807, 2.05) is 50.2 Å². The minimum absolute atomic E-state index is 0. The fourth-order valence-electron chi connectivity index (χ4n) is 3.44. The molecule has 0 radical (unpaired) electrons. The van der Waals surface area contributed by atoms with Gasteiger partial charge in [0.1, 0.15) is 0 Å². The van der Waals surface area contributed by atoms with Crippen molar-refractivity contribution < 1.29 is 9.59 Å². The highest BCUT2D eigenvalue weighted by Gasteiger charge is 2.24. The number of fused-ring (bicyclic) bond motifs is 1. The van der Waals surface area contributed by atoms with Gasteiger partial charge in [0.05, 0.1) is 0 Å². The first-order valence-electron chi connectivity index (χ1n) is 8.75. The zero-order valence-corrected chi connectivity index (χ0v) is 16.1. The summed E-state index contributed by atoms with van der Waals surface area (Å²) in [5, 5.41) is 0. The van der Waals surface area contributed by atoms with Crippen LogP contribution in [0.25, 0.3) is 0 Å². The van der Waals surface area contributed by atoms with E-state index in [0.717, 1.165) is 46.5 Å². The van der Waals surface area contributed by atoms with E-state index in [-0.39, 0.29) is 36.9 Å². The number of halogens is 1. The minimum atomic E-state index is -0.00907. The first kappa shape index (κ1) is 20.0. The third-order valence-electron chi connectivity index (χ3n) is 4.85. The standard InChI is InChI=1S/C21H24N2O2.ClH/c1-14-8-9-15(2)17(13-14)20(24)10-11-21(25)23-12-4-5-16-18(22)6-3-7-19(16)23;/h3,6-9,13H,4-5,10-12,22H2,1-2H3;1H. The number of ketones is 1. The molecule has 0 saturated heterocycles. The van der Waals surface area contributed by atoms with Crippen LogP contribution in [0.5, 0.6) is 0 Å². The topological polar surface area (TPSA) is 63.4 Å². The molecule has 5 heteroatoms. The van der Waals surface area contributed by atoms with Gasteiger partial charge in [0.15, 0.2) is 5.78 Å². The molecule has 2 N–H and O–H groups in total. The molecule has 0 fully saturated rings. The van der Waals surface area contributed by atoms with Crippen LogP contribution in [0.2, 0.25) is 0 Å². The van der Waals surface area contributed by atoms with Crippen molar-refractivity contribution in [2.45, 2.75) is 39.5 Å². The highest BCUT2D eigenvalue weighted by Crippen LogP contribution is 2.31. The van der Waals surface area contributed by atoms with Crippen molar-refractivity contribution in [1.29, 1.82) is 0 Å². The molecule has 4 nitrogen and oxygen atoms in total. The Balaban J connectivity index is 0.00000243. The highest BCUT2D eigenvalue weighted by atomic mass is 35.5. The van der Waals surface area contributed by atoms with Crippen LogP contribution < -0.4 is 10.6 Å². The highest BCUT2D eigenvalue weighted by molar-refractivity contribution is 6.02. The fraction of sp³-hybridized carbons (Fsp3) is 0.333. The second-order valence-electron chi connectivity index (χ2n) is 6.74. The lowest BCUT2D eigenvalue weighted by molar-refractivity contribution is -0.118. The zero-order chi connectivity index (χ0) is 18.0. The summed E-state index contributed by atoms with van der Waals surface area (Å²) in [6.45, 7) is 4.58. The van der Waals surface area contributed by atoms with E-state index in [1.54, 1.807) is 4.90 Å². The van der Waals surface area contributed by atoms with Crippen molar-refractivity contribution in [3.05, 3.63) is 58.7 Å². The van der Waals surface area contributed by atoms with Crippen molar-refractivity contribution >= 4 is 35.5 Å². The Labute approximate surface area is 160 Å². The first-order valence-corrected chi connectivity index (χ1v) is 8.75. The number of nitrogens with zero attached hydrogens (tertiary/aromatic N) is 1. The van der Waals surface area contributed by atoms with Gasteiger partial charge in [0.25, 0.3) is 0 Å². The van der Waals surface area contributed by atoms with Gasteiger partial charge in [-0.3, -0.25) is 9.59 Å². The molecule has 26 heavy (non-hydrogen) atoms. The maximum atomic E-state index is 12.7. The van der Waals surface area contributed by atoms with Gasteiger partial charge in [0, 0.05) is 36.3 Å². The number of nitrogens with two attached hydrogens (primary N) is 1. The molecule has 1 amide bonds. The molecule has 3 rings (SSSR count). The van der Waals surface area contributed by atoms with Gasteiger partial charge in [-0.2, -0.15) is 0 Å². The van der Waals surface area contributed by atoms with Crippen LogP contribution >= 0.6 is 12.4 Å². The van der Waals surface area contributed by atoms with Crippen LogP contribution in [0.3, 0.4) is 0 Å². The van der Waals surface area contributed by atoms with Crippen LogP contribution in [0, 0.1) is 13.8 Å². The molecular formula is C21H25ClN2O2. The molecule has 2 aromatic carbocycles. The number of aryl methyl sites for hydroxylation is 2. The number of carbonyl (C=O) groups is 2. The monoisotopic (exact) mass is 372 g/mol. The number of benzene rings is 2. The first-order chi connectivity index (χ1) is 12.0. The van der Waals surface area contributed by atoms with Crippen LogP contribution in [-0.2, 0) is 11.2 Å². The largest absolute Gasteiger partial charge is 0.398 e. The van der Waals surface area contributed by atoms with Gasteiger partial charge in [-0.15, -0.1) is 12.4 Å². The van der Waals surface area contributed by atoms with Crippen LogP contribution in [-0.4, -0.2) is 18.2 Å². The number of nitrogen functional groups attached to an aromatic ring is 1. The molecule has 1 aliphatic heterocycles. The molecule has 1 aliphatic rings. The Morgan fingerprint density at radius 3 is 2.65 bits per heavy atom. The number of hydrogen-bond donors (Lipinski definition) is 1. The molecule has 0 spiro atoms. The Kier molecular flexibility index (Phi) is 6.43. The molecule has 1 heterocycles. The number of Topliss-reactive ketones (excluding diaryl/α,β-unsaturated/α-hetero) is 1. The summed E-state index contributed by atoms with van der Waals surface area (Å²) in [4.78, 5) is 27.0. The summed E-state index contributed by atoms with van der Waals surface area (Å²) in [7, 11) is 0. The minimum Gasteiger partial charge on any atom is -0.398 e. The van der Waals surface area contributed by atoms with E-state index >= 15 is 0 Å². The maximum Gasteiger partial charge on any atom is 0.227 e. The average Bonchev–Trinajstić information content (AvgIpc) is 2.61. The van der Waals surface area contributed by atoms with Crippen molar-refractivity contribution in [2.75, 3.05) is 17.2 Å². The van der Waals surface area contributed by atoms with Crippen LogP contribution in [0.1, 0.15) is 46.3 Å². The smallest absolute Gasteiger partial charge is 0.227 e. The quantitative estimate of drug-likeness (QED) is 0.644. The Morgan fingerprint density at radius 1 is 1.12 bits per heavy atom. The predicted octanol–water partition coefficient (Wildman–Crippen LogP) is 4.25. The van der Waals surface area contributed by atoms with E-state index in [1.165, 1.54) is 0 Å². The third kappa shape index (κ3) is 4.07. The second kappa shape index (κ2) is 8.37. The summed E-state index contributed by atoms with van der Waals surface area (Å²) in [6.07, 6.45) is 2.25. The summed E-state index contributed by atoms with van der Waals surface area (Å²) in [5.41, 5.74) is 11.5. The lowest BCUT2D eigenvalue weighted by atomic mass is 9.97. The normalized spacial score (nSPS) is 12.9. The zero-order valence-electron chi connectivity index (χ0n) is 15.2. The van der Waals surface area contributed by atoms with Gasteiger partial charge >= 0.3 is 0 Å². The van der Waals surface area contributed by atoms with Crippen molar-refractivity contribution in [3.8, 4) is 0 Å². The summed E-state index contributed by atoms with van der Waals surface area (Å²) < 4.78 is 0. The number of hydrogen-bond acceptors (Lipinski definition) is 3. The van der Waals surface area contributed by atoms with Gasteiger partial charge in [0.2, 0.25) is 5.91 Å². The molecule has 0 aromatic heterocycles. The SMILES string of the molecule is Cc1ccc(C)c(C(=O)CCC(=O)N2CCCc3c(N)cccc32)c1.Cl. The summed E-state index contributed by atoms with van der Waals surface area (Å²) >= 11 is 0. The van der Waals surface area contributed by atoms with Gasteiger partial charge in [-0.05, 0) is 56.0 Å². The lowest BCUT2D eigenvalue weighted by Crippen LogP contribution is -2.35. The maximum absolute atomic E-state index is 12.7. The lowest BCUT2D eigenvalue weighted by Gasteiger charge is -2.30. The number of carbonyl (C=O) groups excluding carboxylic acids is 2. The van der Waals surface area contributed by atoms with Crippen molar-refractivity contribution in [3.63, 3.8) is 0 Å². The molecule has 0 saturated carbocycles. The van der Waals surface area contributed by atoms with Crippen LogP contribution in [0.15, 0.2) is 36.4 Å². The molecule has 0 aliphatic carbocycles. The van der Waals surface area contributed by atoms with Gasteiger partial charge in [-0.1, -0.05) is 23.8 Å². The molecule has 2 aromatic rings. The third-order valence-corrected chi connectivity index (χ3v) is 4.85. The Hall–Kier alpha value is -2.33. The fourth-order valence-corrected chi connectivity index (χ4v) is 3.44. The second-order valence-corrected chi connectivity index (χ2v) is 6.74. The van der Waals surface area contributed by atoms with Gasteiger partial charge < -0.3 is 10.6 Å². The number of rotatable bonds is 4. The van der Waals surface area contributed by atoms with Crippen LogP contribution in [0.4, 0.5) is 11.4 Å². The van der Waals surface area contributed by atoms with Gasteiger partial charge in [-0.25, -0.2) is 0 Å².